The predicted octanol–water partition coefficient (Wildman–Crippen LogP) is 2.62. The van der Waals surface area contributed by atoms with Gasteiger partial charge in [0, 0.05) is 0 Å². The molecule has 16 heteroatoms. The van der Waals surface area contributed by atoms with Gasteiger partial charge in [-0.1, -0.05) is 64.4 Å². The Morgan fingerprint density at radius 3 is 1.69 bits per heavy atom. The van der Waals surface area contributed by atoms with Gasteiger partial charge in [0.15, 0.2) is 0 Å². The molecule has 0 aromatic heterocycles. The molecular formula is C39H64N6O10. The topological polar surface area (TPSA) is 219 Å². The van der Waals surface area contributed by atoms with E-state index >= 15 is 0 Å². The van der Waals surface area contributed by atoms with E-state index in [-0.39, 0.29) is 6.61 Å². The third kappa shape index (κ3) is 15.9. The maximum Gasteiger partial charge on any atom is 0.408 e. The molecular weight excluding hydrogens is 712 g/mol. The van der Waals surface area contributed by atoms with E-state index in [0.717, 1.165) is 5.56 Å². The van der Waals surface area contributed by atoms with Gasteiger partial charge in [0.05, 0.1) is 19.8 Å². The second kappa shape index (κ2) is 20.8. The first kappa shape index (κ1) is 48.3. The third-order valence-corrected chi connectivity index (χ3v) is 8.70. The van der Waals surface area contributed by atoms with E-state index in [1.807, 2.05) is 37.3 Å². The molecule has 6 atom stereocenters. The van der Waals surface area contributed by atoms with Crippen LogP contribution in [-0.4, -0.2) is 95.7 Å². The number of rotatable bonds is 19. The van der Waals surface area contributed by atoms with Gasteiger partial charge in [0.25, 0.3) is 0 Å². The monoisotopic (exact) mass is 776 g/mol. The zero-order chi connectivity index (χ0) is 42.5. The number of hydrogen-bond donors (Lipinski definition) is 6. The summed E-state index contributed by atoms with van der Waals surface area (Å²) in [5.74, 6) is -4.95. The van der Waals surface area contributed by atoms with Gasteiger partial charge >= 0.3 is 12.1 Å². The van der Waals surface area contributed by atoms with Crippen LogP contribution < -0.4 is 31.9 Å². The first-order valence-electron chi connectivity index (χ1n) is 18.5. The normalized spacial score (nSPS) is 15.2. The number of ether oxygens (including phenoxy) is 3. The number of methoxy groups -OCH3 is 1. The molecule has 310 valence electrons. The summed E-state index contributed by atoms with van der Waals surface area (Å²) in [6.07, 6.45) is -1.27. The molecule has 1 aromatic rings. The van der Waals surface area contributed by atoms with Gasteiger partial charge in [-0.2, -0.15) is 0 Å². The molecule has 0 radical (unpaired) electrons. The van der Waals surface area contributed by atoms with Gasteiger partial charge in [-0.25, -0.2) is 9.59 Å². The number of amides is 6. The van der Waals surface area contributed by atoms with Gasteiger partial charge in [-0.3, -0.25) is 24.0 Å². The minimum Gasteiger partial charge on any atom is -0.467 e. The molecule has 0 saturated carbocycles. The Balaban J connectivity index is 3.27. The lowest BCUT2D eigenvalue weighted by Gasteiger charge is -2.34. The van der Waals surface area contributed by atoms with Crippen LogP contribution in [0.2, 0.25) is 0 Å². The molecule has 0 bridgehead atoms. The summed E-state index contributed by atoms with van der Waals surface area (Å²) in [4.78, 5) is 92.6. The molecule has 0 saturated heterocycles. The highest BCUT2D eigenvalue weighted by atomic mass is 16.6. The van der Waals surface area contributed by atoms with Crippen LogP contribution >= 0.6 is 0 Å². The zero-order valence-corrected chi connectivity index (χ0v) is 34.9. The summed E-state index contributed by atoms with van der Waals surface area (Å²) in [6, 6.07) is 4.54. The van der Waals surface area contributed by atoms with Crippen molar-refractivity contribution in [2.45, 2.75) is 150 Å². The van der Waals surface area contributed by atoms with Crippen molar-refractivity contribution in [3.63, 3.8) is 0 Å². The van der Waals surface area contributed by atoms with Crippen LogP contribution in [0.5, 0.6) is 0 Å². The molecule has 0 aliphatic carbocycles. The minimum atomic E-state index is -1.63. The Kier molecular flexibility index (Phi) is 18.3. The van der Waals surface area contributed by atoms with Crippen molar-refractivity contribution in [2.24, 2.45) is 11.8 Å². The predicted molar refractivity (Wildman–Crippen MR) is 206 cm³/mol. The first-order valence-corrected chi connectivity index (χ1v) is 18.5. The fourth-order valence-electron chi connectivity index (χ4n) is 5.06. The van der Waals surface area contributed by atoms with E-state index in [4.69, 9.17) is 14.2 Å². The van der Waals surface area contributed by atoms with Gasteiger partial charge < -0.3 is 46.1 Å². The quantitative estimate of drug-likeness (QED) is 0.113. The van der Waals surface area contributed by atoms with E-state index in [1.54, 1.807) is 48.5 Å². The van der Waals surface area contributed by atoms with Crippen molar-refractivity contribution < 1.29 is 47.8 Å². The van der Waals surface area contributed by atoms with Gasteiger partial charge in [0.1, 0.15) is 40.8 Å². The Labute approximate surface area is 325 Å². The molecule has 1 rings (SSSR count). The van der Waals surface area contributed by atoms with Crippen molar-refractivity contribution in [3.05, 3.63) is 35.9 Å². The van der Waals surface area contributed by atoms with E-state index in [2.05, 4.69) is 31.9 Å². The van der Waals surface area contributed by atoms with E-state index in [9.17, 15) is 33.6 Å². The average molecular weight is 777 g/mol. The highest BCUT2D eigenvalue weighted by Crippen LogP contribution is 2.15. The number of alkyl carbamates (subject to hydrolysis) is 1. The van der Waals surface area contributed by atoms with Crippen molar-refractivity contribution in [3.8, 4) is 0 Å². The zero-order valence-electron chi connectivity index (χ0n) is 34.9. The molecule has 0 spiro atoms. The molecule has 0 heterocycles. The second-order valence-electron chi connectivity index (χ2n) is 16.1. The summed E-state index contributed by atoms with van der Waals surface area (Å²) in [5, 5.41) is 15.8. The molecule has 16 nitrogen and oxygen atoms in total. The molecule has 6 amide bonds. The van der Waals surface area contributed by atoms with E-state index in [1.165, 1.54) is 41.7 Å². The third-order valence-electron chi connectivity index (χ3n) is 8.70. The van der Waals surface area contributed by atoms with Crippen molar-refractivity contribution in [2.75, 3.05) is 7.11 Å². The molecule has 0 unspecified atom stereocenters. The highest BCUT2D eigenvalue weighted by Gasteiger charge is 2.40. The number of carbonyl (C=O) groups excluding carboxylic acids is 7. The van der Waals surface area contributed by atoms with Crippen LogP contribution in [0, 0.1) is 11.8 Å². The summed E-state index contributed by atoms with van der Waals surface area (Å²) in [6.45, 7) is 21.0. The number of nitrogens with one attached hydrogen (secondary N) is 6. The van der Waals surface area contributed by atoms with Crippen LogP contribution in [0.25, 0.3) is 0 Å². The van der Waals surface area contributed by atoms with Crippen LogP contribution in [0.1, 0.15) is 102 Å². The minimum absolute atomic E-state index is 0.110. The number of esters is 1. The fraction of sp³-hybridized carbons (Fsp3) is 0.667. The van der Waals surface area contributed by atoms with E-state index in [0.29, 0.717) is 6.42 Å². The lowest BCUT2D eigenvalue weighted by molar-refractivity contribution is -0.150. The van der Waals surface area contributed by atoms with Crippen LogP contribution in [-0.2, 0) is 49.6 Å². The molecule has 6 N–H and O–H groups in total. The number of carbonyl (C=O) groups is 7. The van der Waals surface area contributed by atoms with Gasteiger partial charge in [-0.15, -0.1) is 0 Å². The van der Waals surface area contributed by atoms with E-state index < -0.39 is 100 Å². The van der Waals surface area contributed by atoms with Crippen LogP contribution in [0.4, 0.5) is 4.79 Å². The maximum atomic E-state index is 13.9. The standard InChI is InChI=1S/C39H64N6O10/c1-15-23(4)28(31(47)41-27(22(2)3)32(48)45-39(12,13)35(51)53-14)43-34(50)38(10,11)44-33(49)29(25(6)54-21-26-19-17-16-18-20-26)42-30(46)24(5)40-36(52)55-37(7,8)9/h16-20,22-25,27-29H,15,21H2,1-14H3,(H,40,52)(H,41,47)(H,42,46)(H,43,50)(H,44,49)(H,45,48)/t23-,24-,25+,27-,28-,29-/m0/s1. The summed E-state index contributed by atoms with van der Waals surface area (Å²) < 4.78 is 16.0. The van der Waals surface area contributed by atoms with Crippen molar-refractivity contribution in [1.82, 2.24) is 31.9 Å². The molecule has 0 aliphatic rings. The largest absolute Gasteiger partial charge is 0.467 e. The molecule has 55 heavy (non-hydrogen) atoms. The molecule has 0 fully saturated rings. The smallest absolute Gasteiger partial charge is 0.408 e. The lowest BCUT2D eigenvalue weighted by atomic mass is 9.94. The average Bonchev–Trinajstić information content (AvgIpc) is 3.08. The number of benzene rings is 1. The summed E-state index contributed by atoms with van der Waals surface area (Å²) in [5.41, 5.74) is -3.00. The Hall–Kier alpha value is -4.73. The number of hydrogen-bond acceptors (Lipinski definition) is 10. The van der Waals surface area contributed by atoms with Crippen molar-refractivity contribution >= 4 is 41.6 Å². The fourth-order valence-corrected chi connectivity index (χ4v) is 5.06. The van der Waals surface area contributed by atoms with Crippen molar-refractivity contribution in [1.29, 1.82) is 0 Å². The Morgan fingerprint density at radius 1 is 0.655 bits per heavy atom. The van der Waals surface area contributed by atoms with Crippen LogP contribution in [0.3, 0.4) is 0 Å². The SMILES string of the molecule is CC[C@H](C)[C@H](NC(=O)C(C)(C)NC(=O)[C@@H](NC(=O)[C@H](C)NC(=O)OC(C)(C)C)[C@@H](C)OCc1ccccc1)C(=O)N[C@H](C(=O)NC(C)(C)C(=O)OC)C(C)C. The first-order chi connectivity index (χ1) is 25.3. The lowest BCUT2D eigenvalue weighted by Crippen LogP contribution is -2.65. The second-order valence-corrected chi connectivity index (χ2v) is 16.1. The summed E-state index contributed by atoms with van der Waals surface area (Å²) in [7, 11) is 1.20. The molecule has 1 aromatic carbocycles. The van der Waals surface area contributed by atoms with Crippen LogP contribution in [0.15, 0.2) is 30.3 Å². The Bertz CT molecular complexity index is 1490. The Morgan fingerprint density at radius 2 is 1.18 bits per heavy atom. The maximum absolute atomic E-state index is 13.9. The highest BCUT2D eigenvalue weighted by molar-refractivity contribution is 5.98. The summed E-state index contributed by atoms with van der Waals surface area (Å²) >= 11 is 0. The molecule has 0 aliphatic heterocycles. The van der Waals surface area contributed by atoms with Gasteiger partial charge in [0.2, 0.25) is 29.5 Å². The van der Waals surface area contributed by atoms with Gasteiger partial charge in [-0.05, 0) is 79.7 Å².